The summed E-state index contributed by atoms with van der Waals surface area (Å²) in [5.74, 6) is 0.863. The van der Waals surface area contributed by atoms with Gasteiger partial charge in [-0.3, -0.25) is 5.10 Å². The molecular formula is C13H16N4O3. The largest absolute Gasteiger partial charge is 0.497 e. The molecule has 1 aromatic heterocycles. The van der Waals surface area contributed by atoms with Gasteiger partial charge in [-0.1, -0.05) is 0 Å². The van der Waals surface area contributed by atoms with Crippen LogP contribution in [0.1, 0.15) is 23.4 Å². The molecule has 7 heteroatoms. The summed E-state index contributed by atoms with van der Waals surface area (Å²) in [6.45, 7) is 2.46. The number of benzene rings is 1. The molecule has 0 radical (unpaired) electrons. The number of aromatic nitrogens is 3. The number of H-pyrrole nitrogens is 1. The highest BCUT2D eigenvalue weighted by Gasteiger charge is 2.12. The molecule has 0 saturated heterocycles. The minimum Gasteiger partial charge on any atom is -0.497 e. The van der Waals surface area contributed by atoms with Crippen molar-refractivity contribution < 1.29 is 14.3 Å². The lowest BCUT2D eigenvalue weighted by Gasteiger charge is -2.05. The molecule has 0 unspecified atom stereocenters. The molecule has 0 aliphatic heterocycles. The topological polar surface area (TPSA) is 89.1 Å². The third-order valence-corrected chi connectivity index (χ3v) is 2.54. The minimum atomic E-state index is -0.528. The number of carbonyl (C=O) groups excluding carboxylic acids is 1. The van der Waals surface area contributed by atoms with Crippen LogP contribution in [0.2, 0.25) is 0 Å². The second kappa shape index (κ2) is 6.55. The van der Waals surface area contributed by atoms with E-state index >= 15 is 0 Å². The first-order valence-electron chi connectivity index (χ1n) is 6.19. The molecule has 0 fully saturated rings. The lowest BCUT2D eigenvalue weighted by Crippen LogP contribution is -2.07. The highest BCUT2D eigenvalue weighted by Crippen LogP contribution is 2.15. The van der Waals surface area contributed by atoms with Crippen LogP contribution in [0, 0.1) is 0 Å². The normalized spacial score (nSPS) is 10.1. The van der Waals surface area contributed by atoms with E-state index in [1.807, 2.05) is 24.3 Å². The summed E-state index contributed by atoms with van der Waals surface area (Å²) in [6, 6.07) is 7.49. The van der Waals surface area contributed by atoms with Gasteiger partial charge in [0.25, 0.3) is 5.82 Å². The summed E-state index contributed by atoms with van der Waals surface area (Å²) in [6.07, 6.45) is 0. The molecule has 20 heavy (non-hydrogen) atoms. The summed E-state index contributed by atoms with van der Waals surface area (Å²) < 4.78 is 9.89. The number of nitrogens with one attached hydrogen (secondary N) is 2. The second-order valence-corrected chi connectivity index (χ2v) is 3.91. The van der Waals surface area contributed by atoms with Crippen LogP contribution in [-0.4, -0.2) is 34.9 Å². The van der Waals surface area contributed by atoms with Crippen molar-refractivity contribution in [3.05, 3.63) is 35.9 Å². The standard InChI is InChI=1S/C13H16N4O3/c1-3-20-13(18)12-15-11(16-17-12)8-14-9-4-6-10(19-2)7-5-9/h4-7,14H,3,8H2,1-2H3,(H,15,16,17). The van der Waals surface area contributed by atoms with E-state index in [1.54, 1.807) is 14.0 Å². The Bertz CT molecular complexity index is 565. The predicted octanol–water partition coefficient (Wildman–Crippen LogP) is 1.60. The molecule has 0 aliphatic carbocycles. The Kier molecular flexibility index (Phi) is 4.54. The number of carbonyl (C=O) groups is 1. The minimum absolute atomic E-state index is 0.0402. The number of nitrogens with zero attached hydrogens (tertiary/aromatic N) is 2. The number of hydrogen-bond acceptors (Lipinski definition) is 6. The van der Waals surface area contributed by atoms with Gasteiger partial charge in [0.1, 0.15) is 11.6 Å². The third kappa shape index (κ3) is 3.47. The van der Waals surface area contributed by atoms with Gasteiger partial charge < -0.3 is 14.8 Å². The van der Waals surface area contributed by atoms with Crippen molar-refractivity contribution >= 4 is 11.7 Å². The lowest BCUT2D eigenvalue weighted by atomic mass is 10.3. The van der Waals surface area contributed by atoms with Crippen LogP contribution >= 0.6 is 0 Å². The first-order chi connectivity index (χ1) is 9.72. The highest BCUT2D eigenvalue weighted by molar-refractivity contribution is 5.84. The Morgan fingerprint density at radius 3 is 2.75 bits per heavy atom. The number of rotatable bonds is 6. The van der Waals surface area contributed by atoms with Gasteiger partial charge >= 0.3 is 5.97 Å². The Hall–Kier alpha value is -2.57. The van der Waals surface area contributed by atoms with Crippen molar-refractivity contribution in [3.8, 4) is 5.75 Å². The van der Waals surface area contributed by atoms with Gasteiger partial charge in [-0.05, 0) is 31.2 Å². The molecule has 0 amide bonds. The maximum absolute atomic E-state index is 11.4. The predicted molar refractivity (Wildman–Crippen MR) is 72.7 cm³/mol. The van der Waals surface area contributed by atoms with Crippen molar-refractivity contribution in [3.63, 3.8) is 0 Å². The Morgan fingerprint density at radius 2 is 2.10 bits per heavy atom. The first kappa shape index (κ1) is 13.9. The second-order valence-electron chi connectivity index (χ2n) is 3.91. The van der Waals surface area contributed by atoms with E-state index < -0.39 is 5.97 Å². The van der Waals surface area contributed by atoms with Crippen LogP contribution in [0.5, 0.6) is 5.75 Å². The molecule has 2 aromatic rings. The zero-order chi connectivity index (χ0) is 14.4. The van der Waals surface area contributed by atoms with Crippen molar-refractivity contribution in [1.82, 2.24) is 15.2 Å². The van der Waals surface area contributed by atoms with Crippen molar-refractivity contribution in [2.75, 3.05) is 19.0 Å². The number of ether oxygens (including phenoxy) is 2. The van der Waals surface area contributed by atoms with Gasteiger partial charge in [0, 0.05) is 5.69 Å². The van der Waals surface area contributed by atoms with E-state index in [0.29, 0.717) is 19.0 Å². The van der Waals surface area contributed by atoms with Gasteiger partial charge in [-0.25, -0.2) is 9.78 Å². The monoisotopic (exact) mass is 276 g/mol. The summed E-state index contributed by atoms with van der Waals surface area (Å²) in [4.78, 5) is 15.5. The molecule has 0 bridgehead atoms. The molecule has 106 valence electrons. The van der Waals surface area contributed by atoms with Crippen LogP contribution in [-0.2, 0) is 11.3 Å². The molecular weight excluding hydrogens is 260 g/mol. The van der Waals surface area contributed by atoms with Crippen LogP contribution in [0.4, 0.5) is 5.69 Å². The molecule has 2 N–H and O–H groups in total. The van der Waals surface area contributed by atoms with E-state index in [9.17, 15) is 4.79 Å². The Morgan fingerprint density at radius 1 is 1.35 bits per heavy atom. The van der Waals surface area contributed by atoms with Gasteiger partial charge in [-0.15, -0.1) is 5.10 Å². The Labute approximate surface area is 116 Å². The fourth-order valence-electron chi connectivity index (χ4n) is 1.56. The quantitative estimate of drug-likeness (QED) is 0.779. The zero-order valence-corrected chi connectivity index (χ0v) is 11.3. The SMILES string of the molecule is CCOC(=O)c1n[nH]c(CNc2ccc(OC)cc2)n1. The number of aromatic amines is 1. The van der Waals surface area contributed by atoms with Crippen molar-refractivity contribution in [1.29, 1.82) is 0 Å². The molecule has 0 aliphatic rings. The zero-order valence-electron chi connectivity index (χ0n) is 11.3. The summed E-state index contributed by atoms with van der Waals surface area (Å²) in [5.41, 5.74) is 0.917. The molecule has 0 atom stereocenters. The van der Waals surface area contributed by atoms with Gasteiger partial charge in [0.05, 0.1) is 20.3 Å². The maximum Gasteiger partial charge on any atom is 0.378 e. The summed E-state index contributed by atoms with van der Waals surface area (Å²) in [7, 11) is 1.62. The van der Waals surface area contributed by atoms with Gasteiger partial charge in [0.15, 0.2) is 0 Å². The van der Waals surface area contributed by atoms with Crippen LogP contribution in [0.25, 0.3) is 0 Å². The van der Waals surface area contributed by atoms with Gasteiger partial charge in [0.2, 0.25) is 0 Å². The van der Waals surface area contributed by atoms with E-state index in [1.165, 1.54) is 0 Å². The number of esters is 1. The summed E-state index contributed by atoms with van der Waals surface area (Å²) in [5, 5.41) is 9.65. The number of methoxy groups -OCH3 is 1. The fraction of sp³-hybridized carbons (Fsp3) is 0.308. The third-order valence-electron chi connectivity index (χ3n) is 2.54. The van der Waals surface area contributed by atoms with Crippen molar-refractivity contribution in [2.24, 2.45) is 0 Å². The summed E-state index contributed by atoms with van der Waals surface area (Å²) >= 11 is 0. The van der Waals surface area contributed by atoms with E-state index in [2.05, 4.69) is 20.5 Å². The molecule has 1 heterocycles. The smallest absolute Gasteiger partial charge is 0.378 e. The average Bonchev–Trinajstić information content (AvgIpc) is 2.95. The molecule has 0 spiro atoms. The first-order valence-corrected chi connectivity index (χ1v) is 6.19. The molecule has 1 aromatic carbocycles. The van der Waals surface area contributed by atoms with E-state index in [0.717, 1.165) is 11.4 Å². The van der Waals surface area contributed by atoms with Crippen LogP contribution in [0.3, 0.4) is 0 Å². The van der Waals surface area contributed by atoms with Crippen molar-refractivity contribution in [2.45, 2.75) is 13.5 Å². The highest BCUT2D eigenvalue weighted by atomic mass is 16.5. The van der Waals surface area contributed by atoms with E-state index in [4.69, 9.17) is 9.47 Å². The molecule has 7 nitrogen and oxygen atoms in total. The van der Waals surface area contributed by atoms with Gasteiger partial charge in [-0.2, -0.15) is 0 Å². The van der Waals surface area contributed by atoms with Crippen LogP contribution in [0.15, 0.2) is 24.3 Å². The lowest BCUT2D eigenvalue weighted by molar-refractivity contribution is 0.0512. The maximum atomic E-state index is 11.4. The number of anilines is 1. The van der Waals surface area contributed by atoms with E-state index in [-0.39, 0.29) is 5.82 Å². The fourth-order valence-corrected chi connectivity index (χ4v) is 1.56. The average molecular weight is 276 g/mol. The Balaban J connectivity index is 1.91. The molecule has 2 rings (SSSR count). The number of hydrogen-bond donors (Lipinski definition) is 2. The molecule has 0 saturated carbocycles. The van der Waals surface area contributed by atoms with Crippen LogP contribution < -0.4 is 10.1 Å².